The van der Waals surface area contributed by atoms with Crippen LogP contribution in [0.1, 0.15) is 29.8 Å². The first-order valence-corrected chi connectivity index (χ1v) is 9.08. The van der Waals surface area contributed by atoms with Crippen LogP contribution in [-0.4, -0.2) is 24.7 Å². The molecule has 2 heterocycles. The summed E-state index contributed by atoms with van der Waals surface area (Å²) in [5, 5.41) is -0.681. The van der Waals surface area contributed by atoms with Gasteiger partial charge in [-0.25, -0.2) is 4.79 Å². The number of esters is 1. The van der Waals surface area contributed by atoms with E-state index in [0.29, 0.717) is 17.9 Å². The molecule has 1 unspecified atom stereocenters. The molecular weight excluding hydrogens is 334 g/mol. The maximum Gasteiger partial charge on any atom is 0.341 e. The number of carbonyl (C=O) groups excluding carboxylic acids is 1. The van der Waals surface area contributed by atoms with Crippen LogP contribution in [-0.2, 0) is 4.74 Å². The molecule has 0 fully saturated rings. The Morgan fingerprint density at radius 2 is 2.04 bits per heavy atom. The number of ether oxygens (including phenoxy) is 2. The van der Waals surface area contributed by atoms with Crippen molar-refractivity contribution in [2.45, 2.75) is 23.8 Å². The van der Waals surface area contributed by atoms with E-state index >= 15 is 0 Å². The van der Waals surface area contributed by atoms with Crippen molar-refractivity contribution in [3.05, 3.63) is 59.2 Å². The second kappa shape index (κ2) is 5.85. The van der Waals surface area contributed by atoms with E-state index in [2.05, 4.69) is 30.0 Å². The van der Waals surface area contributed by atoms with Gasteiger partial charge in [-0.15, -0.1) is 0 Å². The predicted molar refractivity (Wildman–Crippen MR) is 100 cm³/mol. The maximum absolute atomic E-state index is 12.4. The number of thioether (sulfide) groups is 1. The van der Waals surface area contributed by atoms with Crippen molar-refractivity contribution in [2.75, 3.05) is 18.6 Å². The average molecular weight is 353 g/mol. The fourth-order valence-corrected chi connectivity index (χ4v) is 4.66. The summed E-state index contributed by atoms with van der Waals surface area (Å²) in [6.07, 6.45) is 2.09. The van der Waals surface area contributed by atoms with Crippen LogP contribution < -0.4 is 9.64 Å². The summed E-state index contributed by atoms with van der Waals surface area (Å²) in [6.45, 7) is 4.20. The van der Waals surface area contributed by atoms with Crippen molar-refractivity contribution in [1.82, 2.24) is 0 Å². The highest BCUT2D eigenvalue weighted by Gasteiger charge is 2.49. The molecule has 0 saturated carbocycles. The number of rotatable bonds is 2. The van der Waals surface area contributed by atoms with Gasteiger partial charge in [-0.2, -0.15) is 0 Å². The van der Waals surface area contributed by atoms with Crippen molar-refractivity contribution < 1.29 is 14.3 Å². The molecule has 4 rings (SSSR count). The summed E-state index contributed by atoms with van der Waals surface area (Å²) < 4.78 is 11.7. The summed E-state index contributed by atoms with van der Waals surface area (Å²) in [5.74, 6) is 0.226. The van der Waals surface area contributed by atoms with Crippen molar-refractivity contribution >= 4 is 29.5 Å². The Kier molecular flexibility index (Phi) is 3.76. The lowest BCUT2D eigenvalue weighted by Crippen LogP contribution is -2.48. The average Bonchev–Trinajstić information content (AvgIpc) is 2.89. The summed E-state index contributed by atoms with van der Waals surface area (Å²) in [6, 6.07) is 13.8. The zero-order valence-corrected chi connectivity index (χ0v) is 15.2. The van der Waals surface area contributed by atoms with Crippen LogP contribution in [0, 0.1) is 0 Å². The first-order chi connectivity index (χ1) is 12.1. The lowest BCUT2D eigenvalue weighted by atomic mass is 10.0. The first kappa shape index (κ1) is 16.1. The molecular formula is C20H19NO3S. The molecule has 1 spiro atoms. The smallest absolute Gasteiger partial charge is 0.341 e. The quantitative estimate of drug-likeness (QED) is 0.740. The fraction of sp³-hybridized carbons (Fsp3) is 0.250. The van der Waals surface area contributed by atoms with Gasteiger partial charge in [0.1, 0.15) is 11.3 Å². The minimum atomic E-state index is -0.681. The van der Waals surface area contributed by atoms with Crippen molar-refractivity contribution in [3.63, 3.8) is 0 Å². The van der Waals surface area contributed by atoms with Gasteiger partial charge in [0.2, 0.25) is 0 Å². The number of carbonyl (C=O) groups is 1. The number of benzene rings is 2. The third-order valence-corrected chi connectivity index (χ3v) is 6.09. The zero-order valence-electron chi connectivity index (χ0n) is 14.4. The Bertz CT molecular complexity index is 892. The molecule has 0 bridgehead atoms. The van der Waals surface area contributed by atoms with Crippen LogP contribution in [0.3, 0.4) is 0 Å². The molecule has 25 heavy (non-hydrogen) atoms. The van der Waals surface area contributed by atoms with Crippen molar-refractivity contribution in [2.24, 2.45) is 0 Å². The number of likely N-dealkylation sites (N-methyl/N-ethyl adjacent to an activating group) is 1. The molecule has 2 aliphatic rings. The first-order valence-electron chi connectivity index (χ1n) is 8.26. The van der Waals surface area contributed by atoms with E-state index in [9.17, 15) is 4.79 Å². The van der Waals surface area contributed by atoms with E-state index in [1.807, 2.05) is 31.3 Å². The van der Waals surface area contributed by atoms with E-state index in [1.165, 1.54) is 0 Å². The lowest BCUT2D eigenvalue weighted by Gasteiger charge is -2.40. The van der Waals surface area contributed by atoms with Crippen LogP contribution in [0.2, 0.25) is 0 Å². The number of hydrogen-bond acceptors (Lipinski definition) is 5. The zero-order chi connectivity index (χ0) is 17.6. The van der Waals surface area contributed by atoms with E-state index in [4.69, 9.17) is 9.47 Å². The highest BCUT2D eigenvalue weighted by atomic mass is 32.2. The van der Waals surface area contributed by atoms with Crippen LogP contribution in [0.4, 0.5) is 5.69 Å². The van der Waals surface area contributed by atoms with Crippen molar-refractivity contribution in [1.29, 1.82) is 0 Å². The van der Waals surface area contributed by atoms with Crippen LogP contribution in [0.25, 0.3) is 6.08 Å². The van der Waals surface area contributed by atoms with Gasteiger partial charge in [0, 0.05) is 23.1 Å². The highest BCUT2D eigenvalue weighted by molar-refractivity contribution is 8.01. The normalized spacial score (nSPS) is 20.6. The Morgan fingerprint density at radius 1 is 1.24 bits per heavy atom. The number of anilines is 1. The van der Waals surface area contributed by atoms with Crippen LogP contribution in [0.5, 0.6) is 5.75 Å². The molecule has 0 saturated heterocycles. The van der Waals surface area contributed by atoms with E-state index < -0.39 is 5.06 Å². The minimum Gasteiger partial charge on any atom is -0.462 e. The molecule has 1 atom stereocenters. The minimum absolute atomic E-state index is 0.336. The Balaban J connectivity index is 1.82. The molecule has 128 valence electrons. The molecule has 4 nitrogen and oxygen atoms in total. The molecule has 0 amide bonds. The standard InChI is InChI=1S/C20H19NO3S/c1-4-23-19(22)15-9-7-8-14-12-13(2)20(24-18(14)15)21(3)16-10-5-6-11-17(16)25-20/h5-12H,4H2,1-3H3. The number of hydrogen-bond donors (Lipinski definition) is 0. The summed E-state index contributed by atoms with van der Waals surface area (Å²) in [5.41, 5.74) is 3.58. The monoisotopic (exact) mass is 353 g/mol. The lowest BCUT2D eigenvalue weighted by molar-refractivity contribution is 0.0518. The topological polar surface area (TPSA) is 38.8 Å². The Morgan fingerprint density at radius 3 is 2.80 bits per heavy atom. The number of para-hydroxylation sites is 2. The molecule has 0 aliphatic carbocycles. The van der Waals surface area contributed by atoms with E-state index in [1.54, 1.807) is 24.8 Å². The SMILES string of the molecule is CCOC(=O)c1cccc2c1OC1(Sc3ccccc3N1C)C(C)=C2. The third kappa shape index (κ3) is 2.34. The molecule has 0 N–H and O–H groups in total. The molecule has 0 radical (unpaired) electrons. The van der Waals surface area contributed by atoms with Gasteiger partial charge < -0.3 is 14.4 Å². The van der Waals surface area contributed by atoms with Gasteiger partial charge >= 0.3 is 5.97 Å². The second-order valence-electron chi connectivity index (χ2n) is 6.08. The summed E-state index contributed by atoms with van der Waals surface area (Å²) in [4.78, 5) is 15.6. The van der Waals surface area contributed by atoms with E-state index in [0.717, 1.165) is 21.7 Å². The van der Waals surface area contributed by atoms with Crippen LogP contribution >= 0.6 is 11.8 Å². The van der Waals surface area contributed by atoms with Gasteiger partial charge in [0.05, 0.1) is 12.3 Å². The Labute approximate surface area is 151 Å². The Hall–Kier alpha value is -2.40. The van der Waals surface area contributed by atoms with Gasteiger partial charge in [-0.05, 0) is 49.9 Å². The summed E-state index contributed by atoms with van der Waals surface area (Å²) in [7, 11) is 2.02. The molecule has 2 aromatic carbocycles. The van der Waals surface area contributed by atoms with Gasteiger partial charge in [-0.1, -0.05) is 24.3 Å². The van der Waals surface area contributed by atoms with Gasteiger partial charge in [-0.3, -0.25) is 0 Å². The molecule has 2 aromatic rings. The molecule has 2 aliphatic heterocycles. The van der Waals surface area contributed by atoms with E-state index in [-0.39, 0.29) is 5.97 Å². The maximum atomic E-state index is 12.4. The fourth-order valence-electron chi connectivity index (χ4n) is 3.33. The largest absolute Gasteiger partial charge is 0.462 e. The van der Waals surface area contributed by atoms with Crippen molar-refractivity contribution in [3.8, 4) is 5.75 Å². The number of nitrogens with zero attached hydrogens (tertiary/aromatic N) is 1. The van der Waals surface area contributed by atoms with Crippen LogP contribution in [0.15, 0.2) is 52.9 Å². The highest BCUT2D eigenvalue weighted by Crippen LogP contribution is 2.56. The summed E-state index contributed by atoms with van der Waals surface area (Å²) >= 11 is 1.66. The van der Waals surface area contributed by atoms with Gasteiger partial charge in [0.25, 0.3) is 5.06 Å². The second-order valence-corrected chi connectivity index (χ2v) is 7.28. The predicted octanol–water partition coefficient (Wildman–Crippen LogP) is 4.55. The third-order valence-electron chi connectivity index (χ3n) is 4.57. The molecule has 0 aromatic heterocycles. The molecule has 5 heteroatoms. The van der Waals surface area contributed by atoms with Gasteiger partial charge in [0.15, 0.2) is 0 Å². The number of fused-ring (bicyclic) bond motifs is 2.